The van der Waals surface area contributed by atoms with Crippen LogP contribution in [0.25, 0.3) is 0 Å². The summed E-state index contributed by atoms with van der Waals surface area (Å²) in [4.78, 5) is 42.4. The lowest BCUT2D eigenvalue weighted by Crippen LogP contribution is -2.67. The lowest BCUT2D eigenvalue weighted by atomic mass is 9.32. The number of benzene rings is 3. The maximum atomic E-state index is 14.5. The second-order valence-electron chi connectivity index (χ2n) is 26.5. The summed E-state index contributed by atoms with van der Waals surface area (Å²) in [5.41, 5.74) is 3.36. The molecule has 2 amide bonds. The molecule has 1 saturated heterocycles. The van der Waals surface area contributed by atoms with Crippen molar-refractivity contribution < 1.29 is 56.1 Å². The minimum atomic E-state index is -2.89. The van der Waals surface area contributed by atoms with Crippen LogP contribution in [0.3, 0.4) is 0 Å². The first-order valence-corrected chi connectivity index (χ1v) is 29.2. The number of rotatable bonds is 18. The van der Waals surface area contributed by atoms with Crippen molar-refractivity contribution in [3.05, 3.63) is 107 Å². The standard InChI is InChI=1S/C65H89NO11/c1-40(44-28-33-62(5)47(44)29-34-64(7)52(62)26-27-53-63(6)32-17-31-61(3,4)51(63)30-35-65(53,64)8)24-25-48(68)55(70)49(69)38-76-60-54(66-58(71)45-22-15-16-23-46(45)59(66)72)57(75-37-43-20-13-10-14-21-43)56(50(77-60)39-73-41(2)67)74-36-42-18-11-9-12-19-42/h9-16,18-23,40,44,47-57,60,68-70H,17,24-39H2,1-8H3/t40-,44-,47+,48-,49+,50-,51+,52-,53-,54-,55-,56-,57-,60-,62+,63+,64-,65-/m1/s1/i39D2. The van der Waals surface area contributed by atoms with Crippen molar-refractivity contribution in [2.45, 2.75) is 201 Å². The number of imide groups is 1. The first-order chi connectivity index (χ1) is 37.4. The van der Waals surface area contributed by atoms with Gasteiger partial charge in [-0.3, -0.25) is 19.3 Å². The normalized spacial score (nSPS) is 38.4. The van der Waals surface area contributed by atoms with Gasteiger partial charge in [-0.1, -0.05) is 128 Å². The van der Waals surface area contributed by atoms with Gasteiger partial charge in [-0.15, -0.1) is 0 Å². The molecule has 12 nitrogen and oxygen atoms in total. The zero-order valence-electron chi connectivity index (χ0n) is 49.0. The number of amides is 2. The molecule has 5 aliphatic carbocycles. The monoisotopic (exact) mass is 1060 g/mol. The first-order valence-electron chi connectivity index (χ1n) is 30.2. The summed E-state index contributed by atoms with van der Waals surface area (Å²) in [7, 11) is 0. The first kappa shape index (κ1) is 53.6. The number of carbonyl (C=O) groups is 3. The molecular formula is C65H89NO11. The molecule has 2 heterocycles. The molecule has 2 aliphatic heterocycles. The Morgan fingerprint density at radius 3 is 1.86 bits per heavy atom. The van der Waals surface area contributed by atoms with Crippen molar-refractivity contribution in [3.63, 3.8) is 0 Å². The second kappa shape index (κ2) is 22.1. The van der Waals surface area contributed by atoms with Gasteiger partial charge in [0.25, 0.3) is 11.8 Å². The van der Waals surface area contributed by atoms with Crippen LogP contribution in [0.4, 0.5) is 0 Å². The van der Waals surface area contributed by atoms with Crippen molar-refractivity contribution in [2.24, 2.45) is 62.6 Å². The summed E-state index contributed by atoms with van der Waals surface area (Å²) < 4.78 is 49.5. The van der Waals surface area contributed by atoms with E-state index in [4.69, 9.17) is 26.4 Å². The van der Waals surface area contributed by atoms with Crippen LogP contribution in [0.1, 0.15) is 173 Å². The average Bonchev–Trinajstić information content (AvgIpc) is 3.73. The molecule has 5 saturated carbocycles. The van der Waals surface area contributed by atoms with Crippen molar-refractivity contribution in [1.29, 1.82) is 0 Å². The number of fused-ring (bicyclic) bond motifs is 8. The molecule has 10 rings (SSSR count). The van der Waals surface area contributed by atoms with E-state index in [2.05, 4.69) is 48.5 Å². The summed E-state index contributed by atoms with van der Waals surface area (Å²) in [5, 5.41) is 35.0. The average molecular weight is 1060 g/mol. The van der Waals surface area contributed by atoms with Gasteiger partial charge in [0.2, 0.25) is 0 Å². The lowest BCUT2D eigenvalue weighted by Gasteiger charge is -2.73. The van der Waals surface area contributed by atoms with Gasteiger partial charge in [0.15, 0.2) is 6.29 Å². The van der Waals surface area contributed by atoms with Crippen LogP contribution in [0.5, 0.6) is 0 Å². The Kier molecular flexibility index (Phi) is 15.4. The van der Waals surface area contributed by atoms with Crippen molar-refractivity contribution >= 4 is 17.8 Å². The van der Waals surface area contributed by atoms with Crippen LogP contribution in [0.15, 0.2) is 84.9 Å². The third-order valence-corrected chi connectivity index (χ3v) is 22.2. The highest BCUT2D eigenvalue weighted by atomic mass is 16.7. The quantitative estimate of drug-likeness (QED) is 0.0821. The zero-order valence-corrected chi connectivity index (χ0v) is 47.0. The molecule has 7 aliphatic rings. The predicted octanol–water partition coefficient (Wildman–Crippen LogP) is 11.1. The second-order valence-corrected chi connectivity index (χ2v) is 26.5. The van der Waals surface area contributed by atoms with E-state index in [1.807, 2.05) is 60.7 Å². The summed E-state index contributed by atoms with van der Waals surface area (Å²) in [5.74, 6) is 1.28. The molecule has 420 valence electrons. The Labute approximate surface area is 461 Å². The molecule has 18 atom stereocenters. The van der Waals surface area contributed by atoms with Crippen LogP contribution < -0.4 is 0 Å². The molecular weight excluding hydrogens is 971 g/mol. The number of nitrogens with zero attached hydrogens (tertiary/aromatic N) is 1. The fraction of sp³-hybridized carbons (Fsp3) is 0.677. The zero-order chi connectivity index (χ0) is 56.5. The molecule has 6 fully saturated rings. The third-order valence-electron chi connectivity index (χ3n) is 22.2. The molecule has 0 aromatic heterocycles. The maximum Gasteiger partial charge on any atom is 0.302 e. The minimum Gasteiger partial charge on any atom is -0.463 e. The van der Waals surface area contributed by atoms with E-state index in [0.29, 0.717) is 57.0 Å². The van der Waals surface area contributed by atoms with Gasteiger partial charge >= 0.3 is 5.97 Å². The third kappa shape index (κ3) is 10.2. The van der Waals surface area contributed by atoms with Crippen LogP contribution in [-0.4, -0.2) is 100 Å². The Balaban J connectivity index is 0.848. The van der Waals surface area contributed by atoms with E-state index in [0.717, 1.165) is 30.1 Å². The van der Waals surface area contributed by atoms with E-state index in [1.54, 1.807) is 12.1 Å². The summed E-state index contributed by atoms with van der Waals surface area (Å²) in [6.45, 7) is 15.5. The van der Waals surface area contributed by atoms with E-state index in [-0.39, 0.29) is 42.1 Å². The maximum absolute atomic E-state index is 14.5. The Hall–Kier alpha value is -4.01. The van der Waals surface area contributed by atoms with Crippen LogP contribution in [0.2, 0.25) is 0 Å². The lowest BCUT2D eigenvalue weighted by molar-refractivity contribution is -0.302. The smallest absolute Gasteiger partial charge is 0.302 e. The van der Waals surface area contributed by atoms with E-state index < -0.39 is 79.9 Å². The van der Waals surface area contributed by atoms with Crippen molar-refractivity contribution in [3.8, 4) is 0 Å². The molecule has 0 radical (unpaired) electrons. The number of hydrogen-bond donors (Lipinski definition) is 3. The minimum absolute atomic E-state index is 0.0857. The highest BCUT2D eigenvalue weighted by molar-refractivity contribution is 6.21. The van der Waals surface area contributed by atoms with Gasteiger partial charge in [0, 0.05) is 6.92 Å². The van der Waals surface area contributed by atoms with Gasteiger partial charge in [-0.25, -0.2) is 0 Å². The predicted molar refractivity (Wildman–Crippen MR) is 293 cm³/mol. The van der Waals surface area contributed by atoms with Crippen LogP contribution in [-0.2, 0) is 41.7 Å². The SMILES string of the molecule is [2H]C([2H])(OC(C)=O)[C@H]1O[C@@H](OC[C@H](O)[C@H](O)[C@H](O)CC[C@@H](C)[C@H]2CC[C@]3(C)[C@H]4CC[C@@H]5[C@@]6(C)CCCC(C)(C)[C@@H]6CC[C@@]5(C)[C@]4(C)CC[C@@H]23)[C@H](N2C(=O)c3ccccc3C2=O)[C@@H](OCc2ccccc2)[C@@H]1OCc1ccccc1. The molecule has 0 bridgehead atoms. The number of hydrogen-bond acceptors (Lipinski definition) is 11. The van der Waals surface area contributed by atoms with Gasteiger partial charge in [0.1, 0.15) is 43.1 Å². The highest BCUT2D eigenvalue weighted by Crippen LogP contribution is 2.78. The molecule has 0 unspecified atom stereocenters. The molecule has 3 aromatic rings. The Bertz CT molecular complexity index is 2620. The van der Waals surface area contributed by atoms with Crippen molar-refractivity contribution in [2.75, 3.05) is 13.2 Å². The van der Waals surface area contributed by atoms with Crippen LogP contribution >= 0.6 is 0 Å². The van der Waals surface area contributed by atoms with Gasteiger partial charge in [-0.05, 0) is 163 Å². The molecule has 12 heteroatoms. The molecule has 3 N–H and O–H groups in total. The summed E-state index contributed by atoms with van der Waals surface area (Å²) in [6.07, 6.45) is 4.16. The van der Waals surface area contributed by atoms with Gasteiger partial charge in [-0.2, -0.15) is 0 Å². The Morgan fingerprint density at radius 1 is 0.675 bits per heavy atom. The van der Waals surface area contributed by atoms with E-state index in [9.17, 15) is 29.7 Å². The fourth-order valence-electron chi connectivity index (χ4n) is 18.2. The van der Waals surface area contributed by atoms with Gasteiger partial charge < -0.3 is 39.0 Å². The Morgan fingerprint density at radius 2 is 1.25 bits per heavy atom. The highest BCUT2D eigenvalue weighted by Gasteiger charge is 2.70. The van der Waals surface area contributed by atoms with Crippen molar-refractivity contribution in [1.82, 2.24) is 4.90 Å². The van der Waals surface area contributed by atoms with Crippen LogP contribution in [0, 0.1) is 62.6 Å². The van der Waals surface area contributed by atoms with E-state index in [1.165, 1.54) is 76.3 Å². The number of ether oxygens (including phenoxy) is 5. The molecule has 3 aromatic carbocycles. The number of aliphatic hydroxyl groups is 3. The topological polar surface area (TPSA) is 161 Å². The molecule has 0 spiro atoms. The number of aliphatic hydroxyl groups excluding tert-OH is 3. The molecule has 77 heavy (non-hydrogen) atoms. The number of esters is 1. The summed E-state index contributed by atoms with van der Waals surface area (Å²) >= 11 is 0. The fourth-order valence-corrected chi connectivity index (χ4v) is 18.2. The largest absolute Gasteiger partial charge is 0.463 e. The number of carbonyl (C=O) groups excluding carboxylic acids is 3. The van der Waals surface area contributed by atoms with Gasteiger partial charge in [0.05, 0.1) is 39.8 Å². The summed E-state index contributed by atoms with van der Waals surface area (Å²) in [6, 6.07) is 23.1. The van der Waals surface area contributed by atoms with E-state index >= 15 is 0 Å².